The molecule has 0 bridgehead atoms. The molecule has 0 spiro atoms. The molecule has 0 radical (unpaired) electrons. The number of amides is 3. The van der Waals surface area contributed by atoms with Gasteiger partial charge in [0.2, 0.25) is 5.89 Å². The molecule has 1 saturated heterocycles. The van der Waals surface area contributed by atoms with Crippen LogP contribution in [0, 0.1) is 0 Å². The van der Waals surface area contributed by atoms with Crippen LogP contribution in [0.15, 0.2) is 41.1 Å². The van der Waals surface area contributed by atoms with Gasteiger partial charge in [0.1, 0.15) is 13.1 Å². The van der Waals surface area contributed by atoms with E-state index in [0.717, 1.165) is 29.7 Å². The first-order valence-electron chi connectivity index (χ1n) is 8.33. The number of hydrogen-bond acceptors (Lipinski definition) is 5. The Morgan fingerprint density at radius 1 is 1.24 bits per heavy atom. The number of nitrogens with zero attached hydrogens (tertiary/aromatic N) is 4. The lowest BCUT2D eigenvalue weighted by atomic mass is 10.2. The Labute approximate surface area is 145 Å². The topological polar surface area (TPSA) is 79.5 Å². The van der Waals surface area contributed by atoms with E-state index in [9.17, 15) is 9.59 Å². The van der Waals surface area contributed by atoms with Crippen molar-refractivity contribution in [2.45, 2.75) is 32.7 Å². The molecular weight excluding hydrogens is 320 g/mol. The maximum Gasteiger partial charge on any atom is 0.331 e. The molecule has 0 aliphatic carbocycles. The lowest BCUT2D eigenvalue weighted by Gasteiger charge is -2.11. The van der Waals surface area contributed by atoms with Crippen LogP contribution in [0.1, 0.15) is 37.0 Å². The highest BCUT2D eigenvalue weighted by Crippen LogP contribution is 2.15. The molecule has 130 valence electrons. The number of imide groups is 1. The third kappa shape index (κ3) is 4.12. The largest absolute Gasteiger partial charge is 0.337 e. The van der Waals surface area contributed by atoms with Crippen LogP contribution in [0.5, 0.6) is 0 Å². The Morgan fingerprint density at radius 2 is 2.04 bits per heavy atom. The van der Waals surface area contributed by atoms with Gasteiger partial charge in [-0.1, -0.05) is 48.8 Å². The van der Waals surface area contributed by atoms with E-state index in [0.29, 0.717) is 5.82 Å². The summed E-state index contributed by atoms with van der Waals surface area (Å²) in [7, 11) is 0. The van der Waals surface area contributed by atoms with Crippen LogP contribution < -0.4 is 0 Å². The summed E-state index contributed by atoms with van der Waals surface area (Å²) in [5.74, 6) is 0.606. The molecular formula is C18H20N4O3. The molecule has 0 saturated carbocycles. The van der Waals surface area contributed by atoms with Crippen LogP contribution in [0.25, 0.3) is 6.08 Å². The fourth-order valence-electron chi connectivity index (χ4n) is 2.50. The number of carbonyl (C=O) groups excluding carboxylic acids is 2. The van der Waals surface area contributed by atoms with Crippen molar-refractivity contribution < 1.29 is 14.1 Å². The smallest absolute Gasteiger partial charge is 0.331 e. The molecule has 25 heavy (non-hydrogen) atoms. The molecule has 1 fully saturated rings. The molecule has 0 atom stereocenters. The maximum absolute atomic E-state index is 12.4. The summed E-state index contributed by atoms with van der Waals surface area (Å²) in [6.45, 7) is 2.10. The summed E-state index contributed by atoms with van der Waals surface area (Å²) in [5.41, 5.74) is 0.957. The van der Waals surface area contributed by atoms with E-state index >= 15 is 0 Å². The van der Waals surface area contributed by atoms with E-state index in [1.807, 2.05) is 30.3 Å². The number of urea groups is 1. The van der Waals surface area contributed by atoms with Crippen LogP contribution in [0.4, 0.5) is 4.79 Å². The Morgan fingerprint density at radius 3 is 2.80 bits per heavy atom. The first-order valence-corrected chi connectivity index (χ1v) is 8.33. The molecule has 1 aliphatic heterocycles. The third-order valence-corrected chi connectivity index (χ3v) is 3.89. The number of aryl methyl sites for hydroxylation is 1. The minimum absolute atomic E-state index is 0.00642. The maximum atomic E-state index is 12.4. The van der Waals surface area contributed by atoms with Gasteiger partial charge >= 0.3 is 6.03 Å². The van der Waals surface area contributed by atoms with Gasteiger partial charge in [0, 0.05) is 12.6 Å². The zero-order valence-electron chi connectivity index (χ0n) is 14.1. The lowest BCUT2D eigenvalue weighted by molar-refractivity contribution is -0.125. The predicted molar refractivity (Wildman–Crippen MR) is 91.0 cm³/mol. The second-order valence-electron chi connectivity index (χ2n) is 5.82. The SMILES string of the molecule is CCCCc1noc(CN2C(=O)CN(C=Cc3ccccc3)C2=O)n1. The zero-order valence-corrected chi connectivity index (χ0v) is 14.1. The number of hydrogen-bond donors (Lipinski definition) is 0. The normalized spacial score (nSPS) is 14.9. The molecule has 7 heteroatoms. The third-order valence-electron chi connectivity index (χ3n) is 3.89. The van der Waals surface area contributed by atoms with Crippen LogP contribution in [0.2, 0.25) is 0 Å². The second kappa shape index (κ2) is 7.74. The molecule has 0 unspecified atom stereocenters. The molecule has 3 rings (SSSR count). The highest BCUT2D eigenvalue weighted by Gasteiger charge is 2.35. The molecule has 3 amide bonds. The fraction of sp³-hybridized carbons (Fsp3) is 0.333. The molecule has 2 aromatic rings. The monoisotopic (exact) mass is 340 g/mol. The van der Waals surface area contributed by atoms with Gasteiger partial charge in [-0.25, -0.2) is 4.79 Å². The van der Waals surface area contributed by atoms with Crippen molar-refractivity contribution in [2.75, 3.05) is 6.54 Å². The molecule has 2 heterocycles. The second-order valence-corrected chi connectivity index (χ2v) is 5.82. The van der Waals surface area contributed by atoms with Gasteiger partial charge < -0.3 is 4.52 Å². The van der Waals surface area contributed by atoms with Gasteiger partial charge in [0.15, 0.2) is 5.82 Å². The molecule has 1 aliphatic rings. The molecule has 1 aromatic heterocycles. The van der Waals surface area contributed by atoms with Crippen molar-refractivity contribution in [1.29, 1.82) is 0 Å². The fourth-order valence-corrected chi connectivity index (χ4v) is 2.50. The number of unbranched alkanes of at least 4 members (excludes halogenated alkanes) is 1. The molecule has 1 aromatic carbocycles. The van der Waals surface area contributed by atoms with Crippen molar-refractivity contribution in [2.24, 2.45) is 0 Å². The summed E-state index contributed by atoms with van der Waals surface area (Å²) in [6, 6.07) is 9.21. The summed E-state index contributed by atoms with van der Waals surface area (Å²) >= 11 is 0. The van der Waals surface area contributed by atoms with E-state index in [4.69, 9.17) is 4.52 Å². The predicted octanol–water partition coefficient (Wildman–Crippen LogP) is 2.85. The van der Waals surface area contributed by atoms with Crippen molar-refractivity contribution in [3.8, 4) is 0 Å². The van der Waals surface area contributed by atoms with E-state index in [2.05, 4.69) is 17.1 Å². The van der Waals surface area contributed by atoms with Gasteiger partial charge in [0.05, 0.1) is 0 Å². The van der Waals surface area contributed by atoms with Crippen molar-refractivity contribution in [3.05, 3.63) is 53.8 Å². The van der Waals surface area contributed by atoms with Gasteiger partial charge in [-0.05, 0) is 18.1 Å². The van der Waals surface area contributed by atoms with E-state index in [1.165, 1.54) is 4.90 Å². The summed E-state index contributed by atoms with van der Waals surface area (Å²) < 4.78 is 5.14. The Kier molecular flexibility index (Phi) is 5.23. The zero-order chi connectivity index (χ0) is 17.6. The van der Waals surface area contributed by atoms with Gasteiger partial charge in [0.25, 0.3) is 5.91 Å². The van der Waals surface area contributed by atoms with Gasteiger partial charge in [-0.15, -0.1) is 0 Å². The summed E-state index contributed by atoms with van der Waals surface area (Å²) in [5, 5.41) is 3.88. The van der Waals surface area contributed by atoms with Gasteiger partial charge in [-0.3, -0.25) is 14.6 Å². The van der Waals surface area contributed by atoms with Crippen LogP contribution in [0.3, 0.4) is 0 Å². The number of rotatable bonds is 7. The van der Waals surface area contributed by atoms with Gasteiger partial charge in [-0.2, -0.15) is 4.98 Å². The number of benzene rings is 1. The first kappa shape index (κ1) is 16.9. The Hall–Kier alpha value is -2.96. The quantitative estimate of drug-likeness (QED) is 0.724. The minimum Gasteiger partial charge on any atom is -0.337 e. The Bertz CT molecular complexity index is 770. The van der Waals surface area contributed by atoms with E-state index < -0.39 is 0 Å². The van der Waals surface area contributed by atoms with Crippen LogP contribution in [-0.4, -0.2) is 38.4 Å². The van der Waals surface area contributed by atoms with Crippen LogP contribution in [-0.2, 0) is 17.8 Å². The average molecular weight is 340 g/mol. The summed E-state index contributed by atoms with van der Waals surface area (Å²) in [6.07, 6.45) is 6.16. The average Bonchev–Trinajstić information content (AvgIpc) is 3.19. The van der Waals surface area contributed by atoms with E-state index in [1.54, 1.807) is 12.3 Å². The highest BCUT2D eigenvalue weighted by molar-refractivity contribution is 6.02. The summed E-state index contributed by atoms with van der Waals surface area (Å²) in [4.78, 5) is 31.3. The number of carbonyl (C=O) groups is 2. The Balaban J connectivity index is 1.63. The highest BCUT2D eigenvalue weighted by atomic mass is 16.5. The van der Waals surface area contributed by atoms with Crippen molar-refractivity contribution >= 4 is 18.0 Å². The van der Waals surface area contributed by atoms with Crippen molar-refractivity contribution in [3.63, 3.8) is 0 Å². The van der Waals surface area contributed by atoms with Crippen LogP contribution >= 0.6 is 0 Å². The minimum atomic E-state index is -0.384. The van der Waals surface area contributed by atoms with Crippen molar-refractivity contribution in [1.82, 2.24) is 19.9 Å². The first-order chi connectivity index (χ1) is 12.2. The molecule has 7 nitrogen and oxygen atoms in total. The van der Waals surface area contributed by atoms with E-state index in [-0.39, 0.29) is 30.9 Å². The standard InChI is InChI=1S/C18H20N4O3/c1-2-3-9-15-19-16(25-20-15)12-22-17(23)13-21(18(22)24)11-10-14-7-5-4-6-8-14/h4-8,10-11H,2-3,9,12-13H2,1H3. The number of aromatic nitrogens is 2. The lowest BCUT2D eigenvalue weighted by Crippen LogP contribution is -2.30. The molecule has 0 N–H and O–H groups in total.